The predicted molar refractivity (Wildman–Crippen MR) is 122 cm³/mol. The second-order valence-corrected chi connectivity index (χ2v) is 8.15. The van der Waals surface area contributed by atoms with Crippen molar-refractivity contribution in [3.05, 3.63) is 94.5 Å². The maximum atomic E-state index is 6.07. The van der Waals surface area contributed by atoms with Gasteiger partial charge in [0, 0.05) is 6.54 Å². The van der Waals surface area contributed by atoms with Crippen molar-refractivity contribution < 1.29 is 9.47 Å². The van der Waals surface area contributed by atoms with Gasteiger partial charge in [0.1, 0.15) is 18.1 Å². The third-order valence-electron chi connectivity index (χ3n) is 5.72. The molecule has 1 aliphatic rings. The first-order valence-electron chi connectivity index (χ1n) is 10.9. The van der Waals surface area contributed by atoms with Gasteiger partial charge in [-0.3, -0.25) is 0 Å². The summed E-state index contributed by atoms with van der Waals surface area (Å²) in [4.78, 5) is 0. The molecule has 0 spiro atoms. The molecule has 0 fully saturated rings. The van der Waals surface area contributed by atoms with E-state index in [9.17, 15) is 0 Å². The van der Waals surface area contributed by atoms with E-state index in [4.69, 9.17) is 9.47 Å². The summed E-state index contributed by atoms with van der Waals surface area (Å²) in [5.74, 6) is 2.32. The second-order valence-electron chi connectivity index (χ2n) is 8.15. The van der Waals surface area contributed by atoms with Crippen LogP contribution in [0.4, 0.5) is 0 Å². The van der Waals surface area contributed by atoms with Crippen LogP contribution in [0, 0.1) is 0 Å². The molecule has 1 unspecified atom stereocenters. The Morgan fingerprint density at radius 1 is 0.900 bits per heavy atom. The summed E-state index contributed by atoms with van der Waals surface area (Å²) in [6, 6.07) is 23.6. The summed E-state index contributed by atoms with van der Waals surface area (Å²) < 4.78 is 11.8. The highest BCUT2D eigenvalue weighted by molar-refractivity contribution is 5.48. The molecule has 156 valence electrons. The van der Waals surface area contributed by atoms with E-state index in [1.807, 2.05) is 25.1 Å². The number of benzene rings is 3. The molecule has 30 heavy (non-hydrogen) atoms. The molecule has 0 bridgehead atoms. The summed E-state index contributed by atoms with van der Waals surface area (Å²) in [6.45, 7) is 8.77. The van der Waals surface area contributed by atoms with E-state index in [-0.39, 0.29) is 6.04 Å². The van der Waals surface area contributed by atoms with E-state index in [1.54, 1.807) is 0 Å². The van der Waals surface area contributed by atoms with Crippen LogP contribution >= 0.6 is 0 Å². The monoisotopic (exact) mass is 401 g/mol. The van der Waals surface area contributed by atoms with E-state index >= 15 is 0 Å². The fraction of sp³-hybridized carbons (Fsp3) is 0.333. The molecule has 3 aromatic rings. The van der Waals surface area contributed by atoms with Crippen molar-refractivity contribution in [1.82, 2.24) is 5.32 Å². The van der Waals surface area contributed by atoms with Crippen LogP contribution in [0.5, 0.6) is 11.5 Å². The highest BCUT2D eigenvalue weighted by Crippen LogP contribution is 2.36. The van der Waals surface area contributed by atoms with Gasteiger partial charge in [0.25, 0.3) is 0 Å². The molecular formula is C27H31NO2. The number of nitrogens with one attached hydrogen (secondary N) is 1. The molecule has 0 saturated carbocycles. The molecule has 3 aromatic carbocycles. The first-order valence-corrected chi connectivity index (χ1v) is 10.9. The molecule has 0 amide bonds. The van der Waals surface area contributed by atoms with Gasteiger partial charge in [-0.25, -0.2) is 0 Å². The number of hydrogen-bond donors (Lipinski definition) is 1. The molecular weight excluding hydrogens is 370 g/mol. The van der Waals surface area contributed by atoms with Gasteiger partial charge in [-0.15, -0.1) is 0 Å². The van der Waals surface area contributed by atoms with Crippen molar-refractivity contribution in [1.29, 1.82) is 0 Å². The lowest BCUT2D eigenvalue weighted by atomic mass is 9.85. The Kier molecular flexibility index (Phi) is 6.39. The zero-order chi connectivity index (χ0) is 20.9. The normalized spacial score (nSPS) is 15.7. The number of fused-ring (bicyclic) bond motifs is 1. The maximum Gasteiger partial charge on any atom is 0.120 e. The molecule has 0 saturated heterocycles. The van der Waals surface area contributed by atoms with E-state index in [0.717, 1.165) is 24.5 Å². The highest BCUT2D eigenvalue weighted by Gasteiger charge is 2.25. The minimum Gasteiger partial charge on any atom is -0.494 e. The maximum absolute atomic E-state index is 6.07. The topological polar surface area (TPSA) is 30.5 Å². The van der Waals surface area contributed by atoms with Crippen LogP contribution in [0.3, 0.4) is 0 Å². The van der Waals surface area contributed by atoms with E-state index in [0.29, 0.717) is 19.1 Å². The minimum absolute atomic E-state index is 0.199. The van der Waals surface area contributed by atoms with Gasteiger partial charge >= 0.3 is 0 Å². The molecule has 1 N–H and O–H groups in total. The van der Waals surface area contributed by atoms with Crippen LogP contribution in [0.25, 0.3) is 0 Å². The van der Waals surface area contributed by atoms with E-state index in [2.05, 4.69) is 67.7 Å². The Morgan fingerprint density at radius 3 is 2.37 bits per heavy atom. The predicted octanol–water partition coefficient (Wildman–Crippen LogP) is 6.02. The van der Waals surface area contributed by atoms with Gasteiger partial charge in [-0.1, -0.05) is 56.3 Å². The van der Waals surface area contributed by atoms with Crippen molar-refractivity contribution in [3.63, 3.8) is 0 Å². The van der Waals surface area contributed by atoms with Gasteiger partial charge in [0.05, 0.1) is 12.6 Å². The first-order chi connectivity index (χ1) is 14.7. The third-order valence-corrected chi connectivity index (χ3v) is 5.72. The van der Waals surface area contributed by atoms with Crippen molar-refractivity contribution in [2.24, 2.45) is 0 Å². The van der Waals surface area contributed by atoms with Gasteiger partial charge < -0.3 is 14.8 Å². The third kappa shape index (κ3) is 4.52. The Hall–Kier alpha value is -2.78. The van der Waals surface area contributed by atoms with Crippen molar-refractivity contribution >= 4 is 0 Å². The fourth-order valence-corrected chi connectivity index (χ4v) is 4.22. The van der Waals surface area contributed by atoms with Crippen molar-refractivity contribution in [3.8, 4) is 11.5 Å². The molecule has 0 aliphatic carbocycles. The van der Waals surface area contributed by atoms with Gasteiger partial charge in [-0.05, 0) is 71.3 Å². The smallest absolute Gasteiger partial charge is 0.120 e. The lowest BCUT2D eigenvalue weighted by molar-refractivity contribution is 0.305. The standard InChI is InChI=1S/C27H31NO2/c1-4-29-23-11-13-25(26(17-23)19(2)3)27-24-12-10-22(16-21(24)14-15-28-27)30-18-20-8-6-5-7-9-20/h5-13,16-17,19,27-28H,4,14-15,18H2,1-3H3. The molecule has 4 rings (SSSR count). The van der Waals surface area contributed by atoms with E-state index < -0.39 is 0 Å². The SMILES string of the molecule is CCOc1ccc(C2NCCc3cc(OCc4ccccc4)ccc32)c(C(C)C)c1. The Morgan fingerprint density at radius 2 is 1.63 bits per heavy atom. The fourth-order valence-electron chi connectivity index (χ4n) is 4.22. The molecule has 0 radical (unpaired) electrons. The number of ether oxygens (including phenoxy) is 2. The van der Waals surface area contributed by atoms with Gasteiger partial charge in [0.15, 0.2) is 0 Å². The zero-order valence-corrected chi connectivity index (χ0v) is 18.2. The molecule has 0 aromatic heterocycles. The quantitative estimate of drug-likeness (QED) is 0.525. The molecule has 3 heteroatoms. The first kappa shape index (κ1) is 20.5. The molecule has 3 nitrogen and oxygen atoms in total. The highest BCUT2D eigenvalue weighted by atomic mass is 16.5. The Balaban J connectivity index is 1.60. The van der Waals surface area contributed by atoms with Gasteiger partial charge in [0.2, 0.25) is 0 Å². The number of hydrogen-bond acceptors (Lipinski definition) is 3. The van der Waals surface area contributed by atoms with Crippen LogP contribution in [0.1, 0.15) is 60.5 Å². The van der Waals surface area contributed by atoms with Crippen molar-refractivity contribution in [2.45, 2.75) is 45.8 Å². The zero-order valence-electron chi connectivity index (χ0n) is 18.2. The largest absolute Gasteiger partial charge is 0.494 e. The summed E-state index contributed by atoms with van der Waals surface area (Å²) in [5, 5.41) is 3.73. The lowest BCUT2D eigenvalue weighted by Gasteiger charge is -2.30. The molecule has 1 atom stereocenters. The summed E-state index contributed by atoms with van der Waals surface area (Å²) >= 11 is 0. The van der Waals surface area contributed by atoms with Crippen LogP contribution in [-0.2, 0) is 13.0 Å². The molecule has 1 heterocycles. The minimum atomic E-state index is 0.199. The van der Waals surface area contributed by atoms with E-state index in [1.165, 1.54) is 27.8 Å². The lowest BCUT2D eigenvalue weighted by Crippen LogP contribution is -2.31. The van der Waals surface area contributed by atoms with Gasteiger partial charge in [-0.2, -0.15) is 0 Å². The average Bonchev–Trinajstić information content (AvgIpc) is 2.78. The summed E-state index contributed by atoms with van der Waals surface area (Å²) in [7, 11) is 0. The second kappa shape index (κ2) is 9.36. The average molecular weight is 402 g/mol. The number of rotatable bonds is 7. The van der Waals surface area contributed by atoms with Crippen LogP contribution in [-0.4, -0.2) is 13.2 Å². The summed E-state index contributed by atoms with van der Waals surface area (Å²) in [6.07, 6.45) is 1.02. The van der Waals surface area contributed by atoms with Crippen LogP contribution < -0.4 is 14.8 Å². The Labute approximate surface area is 180 Å². The molecule has 1 aliphatic heterocycles. The van der Waals surface area contributed by atoms with Crippen LogP contribution in [0.15, 0.2) is 66.7 Å². The van der Waals surface area contributed by atoms with Crippen LogP contribution in [0.2, 0.25) is 0 Å². The summed E-state index contributed by atoms with van der Waals surface area (Å²) in [5.41, 5.74) is 6.58. The van der Waals surface area contributed by atoms with Crippen molar-refractivity contribution in [2.75, 3.05) is 13.2 Å². The Bertz CT molecular complexity index is 981.